The van der Waals surface area contributed by atoms with Crippen LogP contribution in [-0.4, -0.2) is 80.0 Å². The zero-order chi connectivity index (χ0) is 31.9. The first-order chi connectivity index (χ1) is 21.7. The Bertz CT molecular complexity index is 1330. The first-order valence-electron chi connectivity index (χ1n) is 16.1. The van der Waals surface area contributed by atoms with E-state index in [9.17, 15) is 19.5 Å². The quantitative estimate of drug-likeness (QED) is 0.280. The van der Waals surface area contributed by atoms with E-state index in [0.29, 0.717) is 43.3 Å². The van der Waals surface area contributed by atoms with Crippen molar-refractivity contribution in [2.75, 3.05) is 40.1 Å². The van der Waals surface area contributed by atoms with Gasteiger partial charge in [-0.1, -0.05) is 44.9 Å². The van der Waals surface area contributed by atoms with Crippen LogP contribution in [0.2, 0.25) is 0 Å². The van der Waals surface area contributed by atoms with Crippen LogP contribution < -0.4 is 30.2 Å². The predicted octanol–water partition coefficient (Wildman–Crippen LogP) is 3.44. The Morgan fingerprint density at radius 2 is 1.80 bits per heavy atom. The van der Waals surface area contributed by atoms with Gasteiger partial charge in [-0.2, -0.15) is 0 Å². The Kier molecular flexibility index (Phi) is 10.8. The molecule has 45 heavy (non-hydrogen) atoms. The smallest absolute Gasteiger partial charge is 0.309 e. The van der Waals surface area contributed by atoms with Crippen LogP contribution >= 0.6 is 0 Å². The minimum Gasteiger partial charge on any atom is -0.497 e. The number of ether oxygens (including phenoxy) is 3. The Morgan fingerprint density at radius 3 is 2.53 bits per heavy atom. The molecule has 4 N–H and O–H groups in total. The highest BCUT2D eigenvalue weighted by Gasteiger charge is 2.47. The second-order valence-corrected chi connectivity index (χ2v) is 12.6. The molecule has 5 rings (SSSR count). The summed E-state index contributed by atoms with van der Waals surface area (Å²) in [5.74, 6) is -0.160. The summed E-state index contributed by atoms with van der Waals surface area (Å²) < 4.78 is 16.4. The van der Waals surface area contributed by atoms with Gasteiger partial charge in [0.2, 0.25) is 18.6 Å². The molecule has 1 unspecified atom stereocenters. The number of fused-ring (bicyclic) bond motifs is 1. The highest BCUT2D eigenvalue weighted by molar-refractivity contribution is 5.89. The first-order valence-corrected chi connectivity index (χ1v) is 16.1. The molecule has 11 nitrogen and oxygen atoms in total. The van der Waals surface area contributed by atoms with E-state index < -0.39 is 24.0 Å². The van der Waals surface area contributed by atoms with Crippen LogP contribution in [0.15, 0.2) is 42.5 Å². The van der Waals surface area contributed by atoms with Gasteiger partial charge in [0, 0.05) is 31.6 Å². The van der Waals surface area contributed by atoms with Gasteiger partial charge in [0.25, 0.3) is 0 Å². The maximum atomic E-state index is 13.4. The summed E-state index contributed by atoms with van der Waals surface area (Å²) in [6.45, 7) is 6.21. The van der Waals surface area contributed by atoms with Crippen molar-refractivity contribution in [1.82, 2.24) is 20.9 Å². The number of benzene rings is 2. The van der Waals surface area contributed by atoms with E-state index in [1.165, 1.54) is 0 Å². The fourth-order valence-corrected chi connectivity index (χ4v) is 6.81. The summed E-state index contributed by atoms with van der Waals surface area (Å²) in [5, 5.41) is 19.9. The summed E-state index contributed by atoms with van der Waals surface area (Å²) in [5.41, 5.74) is 1.72. The van der Waals surface area contributed by atoms with Crippen LogP contribution in [0.4, 0.5) is 0 Å². The largest absolute Gasteiger partial charge is 0.497 e. The Hall–Kier alpha value is -3.83. The molecule has 3 heterocycles. The lowest BCUT2D eigenvalue weighted by Crippen LogP contribution is -2.53. The van der Waals surface area contributed by atoms with Gasteiger partial charge < -0.3 is 35.3 Å². The summed E-state index contributed by atoms with van der Waals surface area (Å²) in [6, 6.07) is 11.7. The van der Waals surface area contributed by atoms with E-state index in [4.69, 9.17) is 14.2 Å². The lowest BCUT2D eigenvalue weighted by Gasteiger charge is -2.28. The van der Waals surface area contributed by atoms with Gasteiger partial charge >= 0.3 is 5.97 Å². The second kappa shape index (κ2) is 15.0. The van der Waals surface area contributed by atoms with Gasteiger partial charge in [0.05, 0.1) is 19.1 Å². The number of methoxy groups -OCH3 is 1. The third-order valence-corrected chi connectivity index (χ3v) is 9.08. The number of aliphatic carboxylic acids is 1. The van der Waals surface area contributed by atoms with Crippen molar-refractivity contribution in [3.8, 4) is 17.2 Å². The summed E-state index contributed by atoms with van der Waals surface area (Å²) in [6.07, 6.45) is 4.42. The Labute approximate surface area is 265 Å². The van der Waals surface area contributed by atoms with Gasteiger partial charge in [0.15, 0.2) is 11.5 Å². The third kappa shape index (κ3) is 7.88. The molecule has 11 heteroatoms. The number of hydrogen-bond donors (Lipinski definition) is 4. The summed E-state index contributed by atoms with van der Waals surface area (Å²) in [7, 11) is 1.59. The predicted molar refractivity (Wildman–Crippen MR) is 168 cm³/mol. The number of carbonyl (C=O) groups is 3. The minimum atomic E-state index is -0.892. The summed E-state index contributed by atoms with van der Waals surface area (Å²) >= 11 is 0. The molecular weight excluding hydrogens is 576 g/mol. The molecule has 244 valence electrons. The van der Waals surface area contributed by atoms with Gasteiger partial charge in [0.1, 0.15) is 11.8 Å². The van der Waals surface area contributed by atoms with Crippen molar-refractivity contribution >= 4 is 17.8 Å². The van der Waals surface area contributed by atoms with E-state index in [2.05, 4.69) is 20.9 Å². The molecule has 0 aromatic heterocycles. The maximum absolute atomic E-state index is 13.4. The van der Waals surface area contributed by atoms with Crippen molar-refractivity contribution in [1.29, 1.82) is 0 Å². The zero-order valence-corrected chi connectivity index (χ0v) is 26.4. The second-order valence-electron chi connectivity index (χ2n) is 12.6. The molecule has 0 bridgehead atoms. The lowest BCUT2D eigenvalue weighted by molar-refractivity contribution is -0.143. The lowest BCUT2D eigenvalue weighted by atomic mass is 9.82. The number of amides is 2. The molecule has 2 amide bonds. The van der Waals surface area contributed by atoms with Gasteiger partial charge in [-0.25, -0.2) is 0 Å². The van der Waals surface area contributed by atoms with Crippen molar-refractivity contribution in [3.63, 3.8) is 0 Å². The highest BCUT2D eigenvalue weighted by Crippen LogP contribution is 2.47. The van der Waals surface area contributed by atoms with Crippen LogP contribution in [-0.2, 0) is 14.4 Å². The molecule has 0 aliphatic carbocycles. The molecule has 2 fully saturated rings. The van der Waals surface area contributed by atoms with Gasteiger partial charge in [-0.05, 0) is 67.1 Å². The number of nitrogens with one attached hydrogen (secondary N) is 3. The average Bonchev–Trinajstić information content (AvgIpc) is 3.55. The zero-order valence-electron chi connectivity index (χ0n) is 26.4. The molecule has 0 spiro atoms. The molecule has 3 aliphatic rings. The molecule has 3 aliphatic heterocycles. The monoisotopic (exact) mass is 622 g/mol. The van der Waals surface area contributed by atoms with Crippen molar-refractivity contribution in [2.24, 2.45) is 11.8 Å². The standard InChI is InChI=1S/C34H46N4O7/c1-21(2)17-27(37-33(40)26-7-5-4-6-14-35-26)32(39)36-15-16-38-19-25(23-10-13-28-29(18-23)45-20-44-28)30(34(41)42)31(38)22-8-11-24(43-3)12-9-22/h8-13,18,21,25-27,30-31,35H,4-7,14-17,19-20H2,1-3H3,(H,36,39)(H,37,40)(H,41,42)/t25-,26?,27+,30+,31-/m1/s1. The molecule has 2 aromatic carbocycles. The fourth-order valence-electron chi connectivity index (χ4n) is 6.81. The molecule has 5 atom stereocenters. The first kappa shape index (κ1) is 32.6. The van der Waals surface area contributed by atoms with Gasteiger partial charge in [-0.15, -0.1) is 0 Å². The number of carbonyl (C=O) groups excluding carboxylic acids is 2. The molecule has 2 saturated heterocycles. The number of rotatable bonds is 12. The van der Waals surface area contributed by atoms with E-state index in [1.807, 2.05) is 56.3 Å². The SMILES string of the molecule is COc1ccc([C@@H]2[C@@H](C(=O)O)[C@@H](c3ccc4c(c3)OCO4)CN2CCNC(=O)[C@H](CC(C)C)NC(=O)C2CCCCCN2)cc1. The number of nitrogens with zero attached hydrogens (tertiary/aromatic N) is 1. The number of carboxylic acids is 1. The molecular formula is C34H46N4O7. The van der Waals surface area contributed by atoms with Crippen LogP contribution in [0.3, 0.4) is 0 Å². The number of hydrogen-bond acceptors (Lipinski definition) is 8. The molecule has 0 saturated carbocycles. The van der Waals surface area contributed by atoms with Crippen LogP contribution in [0, 0.1) is 11.8 Å². The van der Waals surface area contributed by atoms with E-state index in [0.717, 1.165) is 43.4 Å². The van der Waals surface area contributed by atoms with Crippen molar-refractivity contribution < 1.29 is 33.7 Å². The fraction of sp³-hybridized carbons (Fsp3) is 0.559. The number of carboxylic acid groups (broad SMARTS) is 1. The summed E-state index contributed by atoms with van der Waals surface area (Å²) in [4.78, 5) is 41.5. The third-order valence-electron chi connectivity index (χ3n) is 9.08. The average molecular weight is 623 g/mol. The van der Waals surface area contributed by atoms with Crippen LogP contribution in [0.25, 0.3) is 0 Å². The molecule has 0 radical (unpaired) electrons. The molecule has 2 aromatic rings. The van der Waals surface area contributed by atoms with Crippen LogP contribution in [0.1, 0.15) is 69.0 Å². The maximum Gasteiger partial charge on any atom is 0.309 e. The van der Waals surface area contributed by atoms with E-state index in [1.54, 1.807) is 7.11 Å². The minimum absolute atomic E-state index is 0.132. The van der Waals surface area contributed by atoms with Gasteiger partial charge in [-0.3, -0.25) is 19.3 Å². The Balaban J connectivity index is 1.31. The van der Waals surface area contributed by atoms with E-state index in [-0.39, 0.29) is 36.5 Å². The van der Waals surface area contributed by atoms with Crippen LogP contribution in [0.5, 0.6) is 17.2 Å². The number of likely N-dealkylation sites (tertiary alicyclic amines) is 1. The Morgan fingerprint density at radius 1 is 1.04 bits per heavy atom. The van der Waals surface area contributed by atoms with Crippen molar-refractivity contribution in [3.05, 3.63) is 53.6 Å². The highest BCUT2D eigenvalue weighted by atomic mass is 16.7. The van der Waals surface area contributed by atoms with E-state index >= 15 is 0 Å². The topological polar surface area (TPSA) is 138 Å². The van der Waals surface area contributed by atoms with Crippen molar-refractivity contribution in [2.45, 2.75) is 70.0 Å². The normalized spacial score (nSPS) is 23.7.